The van der Waals surface area contributed by atoms with E-state index in [1.165, 1.54) is 11.3 Å². The topological polar surface area (TPSA) is 35.6 Å². The molecule has 1 aliphatic carbocycles. The molecule has 3 aliphatic rings. The molecule has 0 aromatic carbocycles. The first-order valence-corrected chi connectivity index (χ1v) is 8.74. The van der Waals surface area contributed by atoms with Crippen molar-refractivity contribution >= 4 is 6.03 Å². The molecule has 1 saturated carbocycles. The van der Waals surface area contributed by atoms with Gasteiger partial charge in [-0.25, -0.2) is 4.79 Å². The van der Waals surface area contributed by atoms with Crippen LogP contribution in [-0.2, 0) is 0 Å². The Morgan fingerprint density at radius 2 is 1.87 bits per heavy atom. The summed E-state index contributed by atoms with van der Waals surface area (Å²) < 4.78 is 37.0. The molecule has 2 aliphatic heterocycles. The van der Waals surface area contributed by atoms with Crippen LogP contribution in [0.25, 0.3) is 0 Å². The van der Waals surface area contributed by atoms with E-state index in [-0.39, 0.29) is 6.03 Å². The molecule has 3 rings (SSSR count). The SMILES string of the molecule is O=C(NCCC1CCN(CC(F)(F)F)CC1)N1CC2CCC1C2. The van der Waals surface area contributed by atoms with Gasteiger partial charge in [-0.15, -0.1) is 0 Å². The molecule has 7 heteroatoms. The highest BCUT2D eigenvalue weighted by molar-refractivity contribution is 5.75. The molecule has 132 valence electrons. The number of alkyl halides is 3. The number of carbonyl (C=O) groups excluding carboxylic acids is 1. The van der Waals surface area contributed by atoms with Gasteiger partial charge in [0, 0.05) is 19.1 Å². The summed E-state index contributed by atoms with van der Waals surface area (Å²) in [6, 6.07) is 0.484. The third-order valence-electron chi connectivity index (χ3n) is 5.61. The van der Waals surface area contributed by atoms with E-state index in [1.54, 1.807) is 0 Å². The van der Waals surface area contributed by atoms with Crippen LogP contribution in [0.5, 0.6) is 0 Å². The van der Waals surface area contributed by atoms with Crippen LogP contribution in [0.2, 0.25) is 0 Å². The standard InChI is InChI=1S/C16H26F3N3O/c17-16(18,19)11-21-7-4-12(5-8-21)3-6-20-15(23)22-10-13-1-2-14(22)9-13/h12-14H,1-11H2,(H,20,23). The van der Waals surface area contributed by atoms with Gasteiger partial charge in [0.25, 0.3) is 0 Å². The molecule has 2 heterocycles. The van der Waals surface area contributed by atoms with Crippen LogP contribution in [0.3, 0.4) is 0 Å². The number of likely N-dealkylation sites (tertiary alicyclic amines) is 2. The third kappa shape index (κ3) is 4.52. The van der Waals surface area contributed by atoms with Crippen molar-refractivity contribution in [2.45, 2.75) is 50.7 Å². The summed E-state index contributed by atoms with van der Waals surface area (Å²) in [6.45, 7) is 1.75. The average molecular weight is 333 g/mol. The Kier molecular flexibility index (Phi) is 5.04. The van der Waals surface area contributed by atoms with Crippen LogP contribution >= 0.6 is 0 Å². The number of piperidine rings is 2. The van der Waals surface area contributed by atoms with Crippen molar-refractivity contribution in [3.63, 3.8) is 0 Å². The van der Waals surface area contributed by atoms with E-state index in [1.807, 2.05) is 4.90 Å². The van der Waals surface area contributed by atoms with Crippen molar-refractivity contribution in [1.29, 1.82) is 0 Å². The van der Waals surface area contributed by atoms with E-state index in [9.17, 15) is 18.0 Å². The van der Waals surface area contributed by atoms with Gasteiger partial charge in [-0.3, -0.25) is 4.90 Å². The summed E-state index contributed by atoms with van der Waals surface area (Å²) in [7, 11) is 0. The van der Waals surface area contributed by atoms with Gasteiger partial charge in [-0.1, -0.05) is 0 Å². The van der Waals surface area contributed by atoms with E-state index < -0.39 is 12.7 Å². The fourth-order valence-corrected chi connectivity index (χ4v) is 4.34. The van der Waals surface area contributed by atoms with E-state index in [0.29, 0.717) is 37.5 Å². The van der Waals surface area contributed by atoms with Gasteiger partial charge in [0.1, 0.15) is 0 Å². The number of amides is 2. The van der Waals surface area contributed by atoms with Crippen LogP contribution < -0.4 is 5.32 Å². The van der Waals surface area contributed by atoms with Crippen molar-refractivity contribution in [2.24, 2.45) is 11.8 Å². The molecule has 2 bridgehead atoms. The van der Waals surface area contributed by atoms with Crippen LogP contribution in [0.15, 0.2) is 0 Å². The molecule has 2 saturated heterocycles. The summed E-state index contributed by atoms with van der Waals surface area (Å²) in [6.07, 6.45) is 1.90. The predicted octanol–water partition coefficient (Wildman–Crippen LogP) is 2.84. The van der Waals surface area contributed by atoms with E-state index >= 15 is 0 Å². The molecule has 1 N–H and O–H groups in total. The molecule has 4 nitrogen and oxygen atoms in total. The lowest BCUT2D eigenvalue weighted by molar-refractivity contribution is -0.148. The summed E-state index contributed by atoms with van der Waals surface area (Å²) in [5, 5.41) is 3.00. The Bertz CT molecular complexity index is 421. The van der Waals surface area contributed by atoms with Crippen LogP contribution in [0.1, 0.15) is 38.5 Å². The highest BCUT2D eigenvalue weighted by atomic mass is 19.4. The maximum atomic E-state index is 12.3. The van der Waals surface area contributed by atoms with Gasteiger partial charge in [0.05, 0.1) is 6.54 Å². The lowest BCUT2D eigenvalue weighted by Gasteiger charge is -2.32. The van der Waals surface area contributed by atoms with Crippen LogP contribution in [-0.4, -0.2) is 60.8 Å². The molecular formula is C16H26F3N3O. The average Bonchev–Trinajstić information content (AvgIpc) is 3.10. The Balaban J connectivity index is 1.30. The number of nitrogens with one attached hydrogen (secondary N) is 1. The molecule has 0 aromatic rings. The molecule has 23 heavy (non-hydrogen) atoms. The molecular weight excluding hydrogens is 307 g/mol. The van der Waals surface area contributed by atoms with Gasteiger partial charge in [-0.2, -0.15) is 13.2 Å². The Morgan fingerprint density at radius 3 is 2.43 bits per heavy atom. The van der Waals surface area contributed by atoms with E-state index in [4.69, 9.17) is 0 Å². The van der Waals surface area contributed by atoms with Crippen molar-refractivity contribution in [1.82, 2.24) is 15.1 Å². The largest absolute Gasteiger partial charge is 0.401 e. The lowest BCUT2D eigenvalue weighted by Crippen LogP contribution is -2.45. The summed E-state index contributed by atoms with van der Waals surface area (Å²) >= 11 is 0. The van der Waals surface area contributed by atoms with Gasteiger partial charge in [-0.05, 0) is 63.5 Å². The normalized spacial score (nSPS) is 29.3. The van der Waals surface area contributed by atoms with Crippen LogP contribution in [0, 0.1) is 11.8 Å². The summed E-state index contributed by atoms with van der Waals surface area (Å²) in [5.41, 5.74) is 0. The molecule has 2 unspecified atom stereocenters. The van der Waals surface area contributed by atoms with Crippen molar-refractivity contribution < 1.29 is 18.0 Å². The van der Waals surface area contributed by atoms with E-state index in [0.717, 1.165) is 38.6 Å². The van der Waals surface area contributed by atoms with Gasteiger partial charge in [0.2, 0.25) is 0 Å². The minimum atomic E-state index is -4.10. The zero-order valence-corrected chi connectivity index (χ0v) is 13.4. The number of nitrogens with zero attached hydrogens (tertiary/aromatic N) is 2. The monoisotopic (exact) mass is 333 g/mol. The minimum Gasteiger partial charge on any atom is -0.338 e. The summed E-state index contributed by atoms with van der Waals surface area (Å²) in [4.78, 5) is 15.6. The zero-order chi connectivity index (χ0) is 16.4. The Morgan fingerprint density at radius 1 is 1.13 bits per heavy atom. The molecule has 0 radical (unpaired) electrons. The highest BCUT2D eigenvalue weighted by Crippen LogP contribution is 2.37. The molecule has 0 aromatic heterocycles. The van der Waals surface area contributed by atoms with Crippen molar-refractivity contribution in [3.05, 3.63) is 0 Å². The van der Waals surface area contributed by atoms with Gasteiger partial charge in [0.15, 0.2) is 0 Å². The lowest BCUT2D eigenvalue weighted by atomic mass is 9.93. The smallest absolute Gasteiger partial charge is 0.338 e. The fraction of sp³-hybridized carbons (Fsp3) is 0.938. The number of fused-ring (bicyclic) bond motifs is 2. The first-order valence-electron chi connectivity index (χ1n) is 8.74. The number of halogens is 3. The van der Waals surface area contributed by atoms with Crippen molar-refractivity contribution in [2.75, 3.05) is 32.7 Å². The second-order valence-electron chi connectivity index (χ2n) is 7.34. The Hall–Kier alpha value is -0.980. The van der Waals surface area contributed by atoms with E-state index in [2.05, 4.69) is 5.32 Å². The minimum absolute atomic E-state index is 0.0479. The fourth-order valence-electron chi connectivity index (χ4n) is 4.34. The van der Waals surface area contributed by atoms with Gasteiger partial charge >= 0.3 is 12.2 Å². The number of rotatable bonds is 4. The first-order chi connectivity index (χ1) is 10.9. The second kappa shape index (κ2) is 6.87. The van der Waals surface area contributed by atoms with Crippen molar-refractivity contribution in [3.8, 4) is 0 Å². The molecule has 2 amide bonds. The summed E-state index contributed by atoms with van der Waals surface area (Å²) in [5.74, 6) is 1.12. The highest BCUT2D eigenvalue weighted by Gasteiger charge is 2.40. The quantitative estimate of drug-likeness (QED) is 0.859. The zero-order valence-electron chi connectivity index (χ0n) is 13.4. The number of hydrogen-bond donors (Lipinski definition) is 1. The predicted molar refractivity (Wildman–Crippen MR) is 81.1 cm³/mol. The van der Waals surface area contributed by atoms with Gasteiger partial charge < -0.3 is 10.2 Å². The van der Waals surface area contributed by atoms with Crippen LogP contribution in [0.4, 0.5) is 18.0 Å². The molecule has 3 fully saturated rings. The third-order valence-corrected chi connectivity index (χ3v) is 5.61. The number of carbonyl (C=O) groups is 1. The first kappa shape index (κ1) is 16.9. The maximum absolute atomic E-state index is 12.3. The maximum Gasteiger partial charge on any atom is 0.401 e. The second-order valence-corrected chi connectivity index (χ2v) is 7.34. The Labute approximate surface area is 135 Å². The molecule has 0 spiro atoms. The molecule has 2 atom stereocenters. The number of hydrogen-bond acceptors (Lipinski definition) is 2. The number of urea groups is 1.